The van der Waals surface area contributed by atoms with Crippen molar-refractivity contribution in [1.82, 2.24) is 15.4 Å². The molecule has 0 atom stereocenters. The molecular weight excluding hydrogens is 427 g/mol. The van der Waals surface area contributed by atoms with E-state index in [1.54, 1.807) is 42.0 Å². The maximum atomic E-state index is 12.6. The SMILES string of the molecule is CN(c1ccc(C=CC(=O)NO)cn1)C1CCN(C(=O)c2ccc(Cl)cc2)CC1.Cl. The molecule has 30 heavy (non-hydrogen) atoms. The molecular formula is C21H24Cl2N4O3. The molecule has 1 fully saturated rings. The molecule has 9 heteroatoms. The standard InChI is InChI=1S/C21H23ClN4O3.ClH/c1-25(19-8-2-15(14-23-19)3-9-20(27)24-29)18-10-12-26(13-11-18)21(28)16-4-6-17(22)7-5-16;/h2-9,14,18,29H,10-13H2,1H3,(H,24,27);1H. The minimum absolute atomic E-state index is 0. The highest BCUT2D eigenvalue weighted by molar-refractivity contribution is 6.30. The van der Waals surface area contributed by atoms with Crippen LogP contribution in [0.5, 0.6) is 0 Å². The van der Waals surface area contributed by atoms with E-state index in [0.717, 1.165) is 24.2 Å². The van der Waals surface area contributed by atoms with Crippen molar-refractivity contribution in [2.45, 2.75) is 18.9 Å². The third-order valence-electron chi connectivity index (χ3n) is 5.06. The summed E-state index contributed by atoms with van der Waals surface area (Å²) in [5.74, 6) is 0.270. The number of hydrogen-bond donors (Lipinski definition) is 2. The molecule has 0 aliphatic carbocycles. The third-order valence-corrected chi connectivity index (χ3v) is 5.31. The summed E-state index contributed by atoms with van der Waals surface area (Å²) in [4.78, 5) is 32.1. The number of likely N-dealkylation sites (tertiary alicyclic amines) is 1. The molecule has 7 nitrogen and oxygen atoms in total. The lowest BCUT2D eigenvalue weighted by Gasteiger charge is -2.37. The van der Waals surface area contributed by atoms with E-state index < -0.39 is 5.91 Å². The molecule has 2 amide bonds. The Hall–Kier alpha value is -2.61. The summed E-state index contributed by atoms with van der Waals surface area (Å²) in [7, 11) is 2.00. The molecule has 1 aliphatic heterocycles. The van der Waals surface area contributed by atoms with E-state index in [1.807, 2.05) is 24.1 Å². The highest BCUT2D eigenvalue weighted by Crippen LogP contribution is 2.22. The number of anilines is 1. The Morgan fingerprint density at radius 3 is 2.43 bits per heavy atom. The van der Waals surface area contributed by atoms with E-state index in [0.29, 0.717) is 29.7 Å². The summed E-state index contributed by atoms with van der Waals surface area (Å²) in [6.45, 7) is 1.38. The average Bonchev–Trinajstić information content (AvgIpc) is 2.77. The minimum Gasteiger partial charge on any atom is -0.357 e. The maximum Gasteiger partial charge on any atom is 0.267 e. The van der Waals surface area contributed by atoms with E-state index in [1.165, 1.54) is 6.08 Å². The number of nitrogens with zero attached hydrogens (tertiary/aromatic N) is 3. The first-order chi connectivity index (χ1) is 14.0. The second kappa shape index (κ2) is 11.0. The van der Waals surface area contributed by atoms with E-state index >= 15 is 0 Å². The Kier molecular flexibility index (Phi) is 8.65. The van der Waals surface area contributed by atoms with Crippen molar-refractivity contribution in [1.29, 1.82) is 0 Å². The van der Waals surface area contributed by atoms with Crippen LogP contribution in [0.4, 0.5) is 5.82 Å². The number of carbonyl (C=O) groups excluding carboxylic acids is 2. The van der Waals surface area contributed by atoms with Crippen LogP contribution in [-0.2, 0) is 4.79 Å². The Labute approximate surface area is 186 Å². The zero-order valence-corrected chi connectivity index (χ0v) is 18.1. The van der Waals surface area contributed by atoms with Crippen LogP contribution in [0.1, 0.15) is 28.8 Å². The predicted molar refractivity (Wildman–Crippen MR) is 119 cm³/mol. The topological polar surface area (TPSA) is 85.8 Å². The van der Waals surface area contributed by atoms with Crippen LogP contribution in [0.2, 0.25) is 5.02 Å². The normalized spacial score (nSPS) is 14.3. The van der Waals surface area contributed by atoms with Crippen LogP contribution in [0.15, 0.2) is 48.7 Å². The van der Waals surface area contributed by atoms with Gasteiger partial charge in [-0.25, -0.2) is 10.5 Å². The van der Waals surface area contributed by atoms with Crippen LogP contribution < -0.4 is 10.4 Å². The van der Waals surface area contributed by atoms with Crippen molar-refractivity contribution in [3.63, 3.8) is 0 Å². The first-order valence-electron chi connectivity index (χ1n) is 9.34. The fourth-order valence-corrected chi connectivity index (χ4v) is 3.46. The monoisotopic (exact) mass is 450 g/mol. The molecule has 0 spiro atoms. The van der Waals surface area contributed by atoms with E-state index in [4.69, 9.17) is 16.8 Å². The van der Waals surface area contributed by atoms with Gasteiger partial charge in [0.1, 0.15) is 5.82 Å². The first kappa shape index (κ1) is 23.7. The van der Waals surface area contributed by atoms with Crippen molar-refractivity contribution in [3.8, 4) is 0 Å². The van der Waals surface area contributed by atoms with Gasteiger partial charge in [0.2, 0.25) is 0 Å². The number of nitrogens with one attached hydrogen (secondary N) is 1. The van der Waals surface area contributed by atoms with Gasteiger partial charge in [0.15, 0.2) is 0 Å². The second-order valence-electron chi connectivity index (χ2n) is 6.90. The summed E-state index contributed by atoms with van der Waals surface area (Å²) in [5.41, 5.74) is 2.96. The number of hydroxylamine groups is 1. The molecule has 3 rings (SSSR count). The van der Waals surface area contributed by atoms with Gasteiger partial charge in [-0.15, -0.1) is 12.4 Å². The number of halogens is 2. The lowest BCUT2D eigenvalue weighted by atomic mass is 10.0. The Morgan fingerprint density at radius 2 is 1.87 bits per heavy atom. The highest BCUT2D eigenvalue weighted by Gasteiger charge is 2.26. The Morgan fingerprint density at radius 1 is 1.20 bits per heavy atom. The van der Waals surface area contributed by atoms with Gasteiger partial charge in [0.25, 0.3) is 11.8 Å². The zero-order chi connectivity index (χ0) is 20.8. The summed E-state index contributed by atoms with van der Waals surface area (Å²) in [6.07, 6.45) is 6.19. The number of pyridine rings is 1. The van der Waals surface area contributed by atoms with Crippen LogP contribution in [0.3, 0.4) is 0 Å². The van der Waals surface area contributed by atoms with Gasteiger partial charge in [-0.1, -0.05) is 11.6 Å². The van der Waals surface area contributed by atoms with E-state index in [-0.39, 0.29) is 18.3 Å². The van der Waals surface area contributed by atoms with Gasteiger partial charge < -0.3 is 9.80 Å². The van der Waals surface area contributed by atoms with Crippen molar-refractivity contribution in [3.05, 3.63) is 64.8 Å². The molecule has 0 unspecified atom stereocenters. The molecule has 0 bridgehead atoms. The molecule has 1 saturated heterocycles. The maximum absolute atomic E-state index is 12.6. The second-order valence-corrected chi connectivity index (χ2v) is 7.34. The van der Waals surface area contributed by atoms with Gasteiger partial charge in [0.05, 0.1) is 0 Å². The largest absolute Gasteiger partial charge is 0.357 e. The Balaban J connectivity index is 0.00000320. The number of benzene rings is 1. The van der Waals surface area contributed by atoms with Crippen LogP contribution in [0, 0.1) is 0 Å². The molecule has 0 radical (unpaired) electrons. The molecule has 2 aromatic rings. The number of aromatic nitrogens is 1. The highest BCUT2D eigenvalue weighted by atomic mass is 35.5. The molecule has 0 saturated carbocycles. The van der Waals surface area contributed by atoms with Gasteiger partial charge in [-0.05, 0) is 60.9 Å². The number of hydrogen-bond acceptors (Lipinski definition) is 5. The number of carbonyl (C=O) groups is 2. The quantitative estimate of drug-likeness (QED) is 0.414. The molecule has 1 aromatic heterocycles. The number of rotatable bonds is 5. The summed E-state index contributed by atoms with van der Waals surface area (Å²) in [6, 6.07) is 11.0. The molecule has 1 aliphatic rings. The van der Waals surface area contributed by atoms with Gasteiger partial charge in [-0.3, -0.25) is 14.8 Å². The predicted octanol–water partition coefficient (Wildman–Crippen LogP) is 3.42. The Bertz CT molecular complexity index is 880. The van der Waals surface area contributed by atoms with Gasteiger partial charge in [0, 0.05) is 49.0 Å². The van der Waals surface area contributed by atoms with Crippen molar-refractivity contribution in [2.24, 2.45) is 0 Å². The van der Waals surface area contributed by atoms with E-state index in [2.05, 4.69) is 9.88 Å². The number of piperidine rings is 1. The van der Waals surface area contributed by atoms with E-state index in [9.17, 15) is 9.59 Å². The molecule has 2 heterocycles. The van der Waals surface area contributed by atoms with Crippen molar-refractivity contribution < 1.29 is 14.8 Å². The van der Waals surface area contributed by atoms with Gasteiger partial charge >= 0.3 is 0 Å². The van der Waals surface area contributed by atoms with Gasteiger partial charge in [-0.2, -0.15) is 0 Å². The average molecular weight is 451 g/mol. The minimum atomic E-state index is -0.592. The summed E-state index contributed by atoms with van der Waals surface area (Å²) >= 11 is 5.89. The van der Waals surface area contributed by atoms with Crippen molar-refractivity contribution >= 4 is 47.7 Å². The molecule has 1 aromatic carbocycles. The first-order valence-corrected chi connectivity index (χ1v) is 9.71. The molecule has 2 N–H and O–H groups in total. The lowest BCUT2D eigenvalue weighted by Crippen LogP contribution is -2.45. The fraction of sp³-hybridized carbons (Fsp3) is 0.286. The lowest BCUT2D eigenvalue weighted by molar-refractivity contribution is -0.124. The van der Waals surface area contributed by atoms with Crippen LogP contribution in [0.25, 0.3) is 6.08 Å². The summed E-state index contributed by atoms with van der Waals surface area (Å²) in [5, 5.41) is 9.12. The van der Waals surface area contributed by atoms with Crippen LogP contribution >= 0.6 is 24.0 Å². The summed E-state index contributed by atoms with van der Waals surface area (Å²) < 4.78 is 0. The van der Waals surface area contributed by atoms with Crippen molar-refractivity contribution in [2.75, 3.05) is 25.0 Å². The van der Waals surface area contributed by atoms with Crippen LogP contribution in [-0.4, -0.2) is 53.1 Å². The smallest absolute Gasteiger partial charge is 0.267 e. The third kappa shape index (κ3) is 5.95. The fourth-order valence-electron chi connectivity index (χ4n) is 3.33. The zero-order valence-electron chi connectivity index (χ0n) is 16.5. The number of amides is 2. The molecule has 160 valence electrons.